The van der Waals surface area contributed by atoms with Crippen LogP contribution in [-0.2, 0) is 24.3 Å². The van der Waals surface area contributed by atoms with Gasteiger partial charge in [-0.25, -0.2) is 8.42 Å². The van der Waals surface area contributed by atoms with Crippen molar-refractivity contribution in [1.82, 2.24) is 4.31 Å². The van der Waals surface area contributed by atoms with Crippen LogP contribution >= 0.6 is 0 Å². The highest BCUT2D eigenvalue weighted by atomic mass is 32.2. The molecule has 0 radical (unpaired) electrons. The third-order valence-corrected chi connectivity index (χ3v) is 7.02. The number of aliphatic hydroxyl groups is 1. The van der Waals surface area contributed by atoms with Gasteiger partial charge in [-0.05, 0) is 41.7 Å². The van der Waals surface area contributed by atoms with Gasteiger partial charge in [0.15, 0.2) is 5.76 Å². The Balaban J connectivity index is 2.06. The lowest BCUT2D eigenvalue weighted by atomic mass is 9.77. The molecule has 0 spiro atoms. The van der Waals surface area contributed by atoms with Crippen LogP contribution in [-0.4, -0.2) is 63.4 Å². The van der Waals surface area contributed by atoms with E-state index < -0.39 is 22.2 Å². The van der Waals surface area contributed by atoms with Gasteiger partial charge in [0, 0.05) is 19.5 Å². The van der Waals surface area contributed by atoms with Gasteiger partial charge in [0.05, 0.1) is 25.2 Å². The molecule has 0 bridgehead atoms. The first-order chi connectivity index (χ1) is 14.5. The summed E-state index contributed by atoms with van der Waals surface area (Å²) in [5.74, 6) is -0.0803. The lowest BCUT2D eigenvalue weighted by Gasteiger charge is -2.35. The van der Waals surface area contributed by atoms with Crippen LogP contribution < -0.4 is 10.5 Å². The van der Waals surface area contributed by atoms with E-state index in [1.54, 1.807) is 18.2 Å². The highest BCUT2D eigenvalue weighted by Crippen LogP contribution is 2.36. The van der Waals surface area contributed by atoms with Gasteiger partial charge in [0.25, 0.3) is 5.91 Å². The van der Waals surface area contributed by atoms with E-state index in [2.05, 4.69) is 0 Å². The minimum atomic E-state index is -3.84. The van der Waals surface area contributed by atoms with Crippen LogP contribution in [0.2, 0.25) is 0 Å². The van der Waals surface area contributed by atoms with Crippen LogP contribution in [0.5, 0.6) is 5.75 Å². The fourth-order valence-electron chi connectivity index (χ4n) is 3.18. The van der Waals surface area contributed by atoms with Gasteiger partial charge in [-0.2, -0.15) is 4.31 Å². The van der Waals surface area contributed by atoms with Crippen LogP contribution in [0.4, 0.5) is 0 Å². The Hall–Kier alpha value is -2.14. The van der Waals surface area contributed by atoms with Gasteiger partial charge >= 0.3 is 0 Å². The van der Waals surface area contributed by atoms with Crippen molar-refractivity contribution in [2.75, 3.05) is 33.4 Å². The number of nitrogens with zero attached hydrogens (tertiary/aromatic N) is 1. The maximum atomic E-state index is 12.9. The lowest BCUT2D eigenvalue weighted by Crippen LogP contribution is -2.39. The van der Waals surface area contributed by atoms with Crippen molar-refractivity contribution < 1.29 is 32.5 Å². The summed E-state index contributed by atoms with van der Waals surface area (Å²) < 4.78 is 43.4. The van der Waals surface area contributed by atoms with Crippen molar-refractivity contribution in [2.24, 2.45) is 17.1 Å². The third-order valence-electron chi connectivity index (χ3n) is 5.10. The Morgan fingerprint density at radius 2 is 1.90 bits per heavy atom. The van der Waals surface area contributed by atoms with Crippen molar-refractivity contribution in [1.29, 1.82) is 0 Å². The fourth-order valence-corrected chi connectivity index (χ4v) is 4.59. The Bertz CT molecular complexity index is 876. The summed E-state index contributed by atoms with van der Waals surface area (Å²) in [5.41, 5.74) is 5.25. The maximum Gasteiger partial charge on any atom is 0.283 e. The summed E-state index contributed by atoms with van der Waals surface area (Å²) in [7, 11) is -2.34. The average molecular weight is 457 g/mol. The summed E-state index contributed by atoms with van der Waals surface area (Å²) in [6, 6.07) is 6.00. The van der Waals surface area contributed by atoms with Gasteiger partial charge in [-0.1, -0.05) is 20.8 Å². The number of amides is 1. The molecule has 174 valence electrons. The van der Waals surface area contributed by atoms with Gasteiger partial charge < -0.3 is 25.1 Å². The molecule has 0 aliphatic carbocycles. The second kappa shape index (κ2) is 10.4. The number of ether oxygens (including phenoxy) is 3. The standard InChI is InChI=1S/C21H32N2O7S/c1-21(2,3)15-13-18(20(22)25)30-19(14-15)29-12-10-23(9-11-24)31(26,27)17-7-5-16(28-4)6-8-17/h5-8,13,15,19,24H,9-12,14H2,1-4H3,(H2,22,25)/t15-,19+/m0/s1. The van der Waals surface area contributed by atoms with E-state index in [0.717, 1.165) is 4.31 Å². The maximum absolute atomic E-state index is 12.9. The molecule has 1 aromatic rings. The molecule has 3 N–H and O–H groups in total. The SMILES string of the molecule is COc1ccc(S(=O)(=O)N(CCO)CCO[C@H]2C[C@@H](C(C)(C)C)C=C(C(N)=O)O2)cc1. The fraction of sp³-hybridized carbons (Fsp3) is 0.571. The number of rotatable bonds is 10. The molecular formula is C21H32N2O7S. The van der Waals surface area contributed by atoms with E-state index in [4.69, 9.17) is 19.9 Å². The zero-order valence-corrected chi connectivity index (χ0v) is 19.2. The van der Waals surface area contributed by atoms with Gasteiger partial charge in [-0.3, -0.25) is 4.79 Å². The molecule has 9 nitrogen and oxygen atoms in total. The molecule has 1 amide bonds. The van der Waals surface area contributed by atoms with Crippen LogP contribution in [0.15, 0.2) is 41.0 Å². The summed E-state index contributed by atoms with van der Waals surface area (Å²) in [4.78, 5) is 11.7. The predicted octanol–water partition coefficient (Wildman–Crippen LogP) is 1.47. The molecule has 1 aromatic carbocycles. The second-order valence-corrected chi connectivity index (χ2v) is 10.3. The van der Waals surface area contributed by atoms with E-state index in [0.29, 0.717) is 12.2 Å². The minimum absolute atomic E-state index is 0.00455. The number of allylic oxidation sites excluding steroid dienone is 1. The molecule has 1 heterocycles. The number of aliphatic hydroxyl groups excluding tert-OH is 1. The molecule has 0 aromatic heterocycles. The summed E-state index contributed by atoms with van der Waals surface area (Å²) >= 11 is 0. The topological polar surface area (TPSA) is 128 Å². The Morgan fingerprint density at radius 3 is 2.42 bits per heavy atom. The molecule has 1 aliphatic rings. The van der Waals surface area contributed by atoms with Crippen molar-refractivity contribution >= 4 is 15.9 Å². The normalized spacial score (nSPS) is 19.6. The summed E-state index contributed by atoms with van der Waals surface area (Å²) in [6.07, 6.45) is 1.50. The quantitative estimate of drug-likeness (QED) is 0.545. The Kier molecular flexibility index (Phi) is 8.47. The van der Waals surface area contributed by atoms with Crippen LogP contribution in [0.25, 0.3) is 0 Å². The first-order valence-electron chi connectivity index (χ1n) is 10.0. The van der Waals surface area contributed by atoms with E-state index in [9.17, 15) is 18.3 Å². The predicted molar refractivity (Wildman–Crippen MR) is 115 cm³/mol. The molecule has 2 rings (SSSR count). The van der Waals surface area contributed by atoms with E-state index in [1.807, 2.05) is 20.8 Å². The molecule has 1 aliphatic heterocycles. The molecular weight excluding hydrogens is 424 g/mol. The molecule has 0 saturated heterocycles. The number of sulfonamides is 1. The van der Waals surface area contributed by atoms with Crippen molar-refractivity contribution in [3.8, 4) is 5.75 Å². The monoisotopic (exact) mass is 456 g/mol. The molecule has 31 heavy (non-hydrogen) atoms. The highest BCUT2D eigenvalue weighted by Gasteiger charge is 2.34. The third kappa shape index (κ3) is 6.67. The van der Waals surface area contributed by atoms with Crippen molar-refractivity contribution in [3.63, 3.8) is 0 Å². The average Bonchev–Trinajstić information content (AvgIpc) is 2.72. The lowest BCUT2D eigenvalue weighted by molar-refractivity contribution is -0.151. The zero-order chi connectivity index (χ0) is 23.2. The van der Waals surface area contributed by atoms with Crippen LogP contribution in [0.3, 0.4) is 0 Å². The van der Waals surface area contributed by atoms with Crippen molar-refractivity contribution in [3.05, 3.63) is 36.1 Å². The van der Waals surface area contributed by atoms with Gasteiger partial charge in [0.1, 0.15) is 5.75 Å². The first-order valence-corrected chi connectivity index (χ1v) is 11.5. The molecule has 2 atom stereocenters. The number of carbonyl (C=O) groups is 1. The number of nitrogens with two attached hydrogens (primary N) is 1. The summed E-state index contributed by atoms with van der Waals surface area (Å²) in [5, 5.41) is 9.35. The Morgan fingerprint density at radius 1 is 1.26 bits per heavy atom. The van der Waals surface area contributed by atoms with Gasteiger partial charge in [0.2, 0.25) is 16.3 Å². The molecule has 10 heteroatoms. The summed E-state index contributed by atoms with van der Waals surface area (Å²) in [6.45, 7) is 5.72. The minimum Gasteiger partial charge on any atom is -0.497 e. The van der Waals surface area contributed by atoms with E-state index in [1.165, 1.54) is 19.2 Å². The molecule has 0 fully saturated rings. The number of carbonyl (C=O) groups excluding carboxylic acids is 1. The number of hydrogen-bond acceptors (Lipinski definition) is 7. The molecule has 0 unspecified atom stereocenters. The van der Waals surface area contributed by atoms with Crippen molar-refractivity contribution in [2.45, 2.75) is 38.4 Å². The van der Waals surface area contributed by atoms with Crippen LogP contribution in [0, 0.1) is 11.3 Å². The first kappa shape index (κ1) is 25.1. The highest BCUT2D eigenvalue weighted by molar-refractivity contribution is 7.89. The number of hydrogen-bond donors (Lipinski definition) is 2. The Labute approximate surface area is 183 Å². The number of methoxy groups -OCH3 is 1. The smallest absolute Gasteiger partial charge is 0.283 e. The number of primary amides is 1. The second-order valence-electron chi connectivity index (χ2n) is 8.32. The largest absolute Gasteiger partial charge is 0.497 e. The van der Waals surface area contributed by atoms with E-state index >= 15 is 0 Å². The number of benzene rings is 1. The van der Waals surface area contributed by atoms with Gasteiger partial charge in [-0.15, -0.1) is 0 Å². The molecule has 0 saturated carbocycles. The zero-order valence-electron chi connectivity index (χ0n) is 18.4. The van der Waals surface area contributed by atoms with Crippen LogP contribution in [0.1, 0.15) is 27.2 Å². The van der Waals surface area contributed by atoms with E-state index in [-0.39, 0.29) is 48.3 Å².